The number of rotatable bonds is 5. The van der Waals surface area contributed by atoms with Crippen LogP contribution in [-0.4, -0.2) is 38.9 Å². The molecule has 0 radical (unpaired) electrons. The second-order valence-electron chi connectivity index (χ2n) is 3.40. The van der Waals surface area contributed by atoms with Crippen molar-refractivity contribution in [3.8, 4) is 0 Å². The fourth-order valence-corrected chi connectivity index (χ4v) is 3.07. The fraction of sp³-hybridized carbons (Fsp3) is 0.300. The van der Waals surface area contributed by atoms with E-state index in [1.54, 1.807) is 18.8 Å². The van der Waals surface area contributed by atoms with Crippen LogP contribution in [0.25, 0.3) is 0 Å². The molecule has 20 heavy (non-hydrogen) atoms. The van der Waals surface area contributed by atoms with Gasteiger partial charge in [0.15, 0.2) is 10.0 Å². The van der Waals surface area contributed by atoms with Gasteiger partial charge in [0.05, 0.1) is 11.2 Å². The van der Waals surface area contributed by atoms with Crippen molar-refractivity contribution in [1.29, 1.82) is 0 Å². The molecule has 0 saturated heterocycles. The molecule has 106 valence electrons. The van der Waals surface area contributed by atoms with Crippen molar-refractivity contribution < 1.29 is 4.79 Å². The third-order valence-electron chi connectivity index (χ3n) is 2.08. The average Bonchev–Trinajstić information content (AvgIpc) is 2.87. The van der Waals surface area contributed by atoms with Crippen molar-refractivity contribution in [2.45, 2.75) is 11.3 Å². The second-order valence-corrected chi connectivity index (χ2v) is 6.30. The van der Waals surface area contributed by atoms with E-state index in [1.807, 2.05) is 6.92 Å². The zero-order valence-electron chi connectivity index (χ0n) is 10.7. The lowest BCUT2D eigenvalue weighted by atomic mass is 10.4. The van der Waals surface area contributed by atoms with E-state index < -0.39 is 5.91 Å². The Morgan fingerprint density at radius 2 is 2.30 bits per heavy atom. The molecule has 2 aromatic rings. The zero-order valence-corrected chi connectivity index (χ0v) is 13.1. The van der Waals surface area contributed by atoms with Crippen molar-refractivity contribution in [3.05, 3.63) is 16.9 Å². The SMILES string of the molecule is CCSc1nnc(NC(=O)c2nc(NC)ncc2Cl)s1. The van der Waals surface area contributed by atoms with E-state index in [4.69, 9.17) is 11.6 Å². The van der Waals surface area contributed by atoms with Crippen LogP contribution in [0, 0.1) is 0 Å². The van der Waals surface area contributed by atoms with Crippen LogP contribution in [0.3, 0.4) is 0 Å². The summed E-state index contributed by atoms with van der Waals surface area (Å²) in [4.78, 5) is 20.0. The van der Waals surface area contributed by atoms with E-state index in [0.717, 1.165) is 10.1 Å². The fourth-order valence-electron chi connectivity index (χ4n) is 1.25. The van der Waals surface area contributed by atoms with Gasteiger partial charge >= 0.3 is 0 Å². The second kappa shape index (κ2) is 6.82. The van der Waals surface area contributed by atoms with Crippen molar-refractivity contribution in [2.75, 3.05) is 23.4 Å². The van der Waals surface area contributed by atoms with E-state index in [9.17, 15) is 4.79 Å². The third kappa shape index (κ3) is 3.56. The Morgan fingerprint density at radius 1 is 1.50 bits per heavy atom. The molecule has 0 bridgehead atoms. The highest BCUT2D eigenvalue weighted by atomic mass is 35.5. The average molecular weight is 331 g/mol. The summed E-state index contributed by atoms with van der Waals surface area (Å²) < 4.78 is 0.799. The van der Waals surface area contributed by atoms with Gasteiger partial charge in [-0.3, -0.25) is 10.1 Å². The number of carbonyl (C=O) groups excluding carboxylic acids is 1. The van der Waals surface area contributed by atoms with Crippen LogP contribution in [0.4, 0.5) is 11.1 Å². The monoisotopic (exact) mass is 330 g/mol. The van der Waals surface area contributed by atoms with Gasteiger partial charge in [-0.1, -0.05) is 41.6 Å². The number of nitrogens with one attached hydrogen (secondary N) is 2. The standard InChI is InChI=1S/C10H11ClN6OS2/c1-3-19-10-17-16-9(20-10)15-7(18)6-5(11)4-13-8(12-2)14-6/h4H,3H2,1-2H3,(H,12,13,14)(H,15,16,18). The number of thioether (sulfide) groups is 1. The van der Waals surface area contributed by atoms with Gasteiger partial charge in [-0.2, -0.15) is 0 Å². The summed E-state index contributed by atoms with van der Waals surface area (Å²) in [5.74, 6) is 0.767. The van der Waals surface area contributed by atoms with Gasteiger partial charge in [0.25, 0.3) is 5.91 Å². The molecule has 0 saturated carbocycles. The van der Waals surface area contributed by atoms with Gasteiger partial charge in [0.1, 0.15) is 0 Å². The summed E-state index contributed by atoms with van der Waals surface area (Å²) in [6, 6.07) is 0. The lowest BCUT2D eigenvalue weighted by Gasteiger charge is -2.04. The Bertz CT molecular complexity index is 620. The van der Waals surface area contributed by atoms with Gasteiger partial charge in [-0.25, -0.2) is 9.97 Å². The van der Waals surface area contributed by atoms with Crippen molar-refractivity contribution in [2.24, 2.45) is 0 Å². The summed E-state index contributed by atoms with van der Waals surface area (Å²) in [6.07, 6.45) is 1.37. The van der Waals surface area contributed by atoms with Crippen LogP contribution in [-0.2, 0) is 0 Å². The maximum atomic E-state index is 12.1. The highest BCUT2D eigenvalue weighted by Crippen LogP contribution is 2.25. The summed E-state index contributed by atoms with van der Waals surface area (Å²) in [6.45, 7) is 2.02. The molecule has 0 aliphatic rings. The van der Waals surface area contributed by atoms with Gasteiger partial charge in [0.2, 0.25) is 11.1 Å². The Labute approximate surface area is 128 Å². The Hall–Kier alpha value is -1.45. The van der Waals surface area contributed by atoms with Crippen LogP contribution in [0.1, 0.15) is 17.4 Å². The minimum absolute atomic E-state index is 0.0888. The molecule has 7 nitrogen and oxygen atoms in total. The molecule has 2 heterocycles. The molecular weight excluding hydrogens is 320 g/mol. The number of aromatic nitrogens is 4. The predicted octanol–water partition coefficient (Wildman–Crippen LogP) is 2.39. The van der Waals surface area contributed by atoms with Gasteiger partial charge in [-0.15, -0.1) is 10.2 Å². The predicted molar refractivity (Wildman–Crippen MR) is 80.8 cm³/mol. The van der Waals surface area contributed by atoms with E-state index in [-0.39, 0.29) is 10.7 Å². The Morgan fingerprint density at radius 3 is 3.00 bits per heavy atom. The topological polar surface area (TPSA) is 92.7 Å². The number of carbonyl (C=O) groups is 1. The first kappa shape index (κ1) is 14.9. The van der Waals surface area contributed by atoms with Crippen LogP contribution in [0.5, 0.6) is 0 Å². The molecule has 0 atom stereocenters. The smallest absolute Gasteiger partial charge is 0.277 e. The van der Waals surface area contributed by atoms with E-state index in [0.29, 0.717) is 11.1 Å². The van der Waals surface area contributed by atoms with Crippen LogP contribution < -0.4 is 10.6 Å². The minimum atomic E-state index is -0.446. The molecule has 0 aromatic carbocycles. The number of hydrogen-bond donors (Lipinski definition) is 2. The molecule has 10 heteroatoms. The first-order chi connectivity index (χ1) is 9.63. The quantitative estimate of drug-likeness (QED) is 0.642. The molecule has 0 unspecified atom stereocenters. The summed E-state index contributed by atoms with van der Waals surface area (Å²) >= 11 is 8.78. The van der Waals surface area contributed by atoms with Gasteiger partial charge in [0, 0.05) is 7.05 Å². The van der Waals surface area contributed by atoms with Gasteiger partial charge < -0.3 is 5.32 Å². The lowest BCUT2D eigenvalue weighted by molar-refractivity contribution is 0.102. The molecular formula is C10H11ClN6OS2. The van der Waals surface area contributed by atoms with E-state index in [2.05, 4.69) is 30.8 Å². The first-order valence-corrected chi connectivity index (χ1v) is 7.80. The van der Waals surface area contributed by atoms with Crippen LogP contribution >= 0.6 is 34.7 Å². The van der Waals surface area contributed by atoms with Gasteiger partial charge in [-0.05, 0) is 5.75 Å². The highest BCUT2D eigenvalue weighted by molar-refractivity contribution is 8.01. The summed E-state index contributed by atoms with van der Waals surface area (Å²) in [5, 5.41) is 13.8. The number of halogens is 1. The van der Waals surface area contributed by atoms with Crippen LogP contribution in [0.15, 0.2) is 10.5 Å². The molecule has 2 rings (SSSR count). The molecule has 0 fully saturated rings. The maximum absolute atomic E-state index is 12.1. The summed E-state index contributed by atoms with van der Waals surface area (Å²) in [7, 11) is 1.66. The summed E-state index contributed by atoms with van der Waals surface area (Å²) in [5.41, 5.74) is 0.0888. The van der Waals surface area contributed by atoms with Crippen molar-refractivity contribution in [3.63, 3.8) is 0 Å². The zero-order chi connectivity index (χ0) is 14.5. The Kier molecular flexibility index (Phi) is 5.10. The molecule has 0 aliphatic heterocycles. The molecule has 2 aromatic heterocycles. The Balaban J connectivity index is 2.14. The number of hydrogen-bond acceptors (Lipinski definition) is 8. The number of nitrogens with zero attached hydrogens (tertiary/aromatic N) is 4. The maximum Gasteiger partial charge on any atom is 0.277 e. The largest absolute Gasteiger partial charge is 0.357 e. The van der Waals surface area contributed by atoms with Crippen molar-refractivity contribution in [1.82, 2.24) is 20.2 Å². The molecule has 2 N–H and O–H groups in total. The van der Waals surface area contributed by atoms with E-state index in [1.165, 1.54) is 17.5 Å². The molecule has 0 spiro atoms. The molecule has 0 aliphatic carbocycles. The third-order valence-corrected chi connectivity index (χ3v) is 4.21. The van der Waals surface area contributed by atoms with Crippen molar-refractivity contribution >= 4 is 51.7 Å². The lowest BCUT2D eigenvalue weighted by Crippen LogP contribution is -2.15. The number of amides is 1. The highest BCUT2D eigenvalue weighted by Gasteiger charge is 2.16. The first-order valence-electron chi connectivity index (χ1n) is 5.62. The normalized spacial score (nSPS) is 10.3. The number of anilines is 2. The molecule has 1 amide bonds. The van der Waals surface area contributed by atoms with Crippen LogP contribution in [0.2, 0.25) is 5.02 Å². The van der Waals surface area contributed by atoms with E-state index >= 15 is 0 Å². The minimum Gasteiger partial charge on any atom is -0.357 e.